The molecular weight excluding hydrogens is 328 g/mol. The van der Waals surface area contributed by atoms with Gasteiger partial charge < -0.3 is 0 Å². The minimum atomic E-state index is -3.40. The summed E-state index contributed by atoms with van der Waals surface area (Å²) in [6.45, 7) is 0.982. The summed E-state index contributed by atoms with van der Waals surface area (Å²) in [6.07, 6.45) is 6.88. The van der Waals surface area contributed by atoms with Crippen LogP contribution >= 0.6 is 0 Å². The van der Waals surface area contributed by atoms with E-state index in [1.165, 1.54) is 8.61 Å². The van der Waals surface area contributed by atoms with Crippen molar-refractivity contribution in [3.63, 3.8) is 0 Å². The Morgan fingerprint density at radius 2 is 2.08 bits per heavy atom. The van der Waals surface area contributed by atoms with Crippen LogP contribution in [-0.4, -0.2) is 64.0 Å². The van der Waals surface area contributed by atoms with Gasteiger partial charge in [0.1, 0.15) is 5.69 Å². The minimum absolute atomic E-state index is 0.0501. The molecule has 0 aromatic carbocycles. The van der Waals surface area contributed by atoms with Gasteiger partial charge in [-0.3, -0.25) is 9.67 Å². The van der Waals surface area contributed by atoms with Crippen LogP contribution in [-0.2, 0) is 17.3 Å². The number of aromatic nitrogens is 4. The summed E-state index contributed by atoms with van der Waals surface area (Å²) in [7, 11) is 1.57. The third kappa shape index (κ3) is 3.19. The first-order valence-electron chi connectivity index (χ1n) is 7.87. The van der Waals surface area contributed by atoms with Crippen molar-refractivity contribution in [3.8, 4) is 11.4 Å². The third-order valence-corrected chi connectivity index (χ3v) is 6.23. The summed E-state index contributed by atoms with van der Waals surface area (Å²) in [5.74, 6) is 0.0501. The molecule has 0 aliphatic carbocycles. The third-order valence-electron chi connectivity index (χ3n) is 4.33. The maximum Gasteiger partial charge on any atom is 0.281 e. The monoisotopic (exact) mass is 350 g/mol. The lowest BCUT2D eigenvalue weighted by Crippen LogP contribution is -2.45. The molecule has 0 bridgehead atoms. The van der Waals surface area contributed by atoms with Gasteiger partial charge in [0.15, 0.2) is 0 Å². The van der Waals surface area contributed by atoms with E-state index in [9.17, 15) is 8.42 Å². The van der Waals surface area contributed by atoms with E-state index in [-0.39, 0.29) is 5.92 Å². The lowest BCUT2D eigenvalue weighted by molar-refractivity contribution is 0.296. The molecule has 0 spiro atoms. The van der Waals surface area contributed by atoms with Gasteiger partial charge in [-0.25, -0.2) is 4.98 Å². The summed E-state index contributed by atoms with van der Waals surface area (Å²) in [5.41, 5.74) is 2.46. The molecular formula is C15H22N6O2S. The molecule has 1 atom stereocenters. The lowest BCUT2D eigenvalue weighted by Gasteiger charge is -2.33. The second kappa shape index (κ2) is 6.58. The maximum absolute atomic E-state index is 12.4. The van der Waals surface area contributed by atoms with Crippen molar-refractivity contribution in [3.05, 3.63) is 30.4 Å². The Kier molecular flexibility index (Phi) is 4.66. The lowest BCUT2D eigenvalue weighted by atomic mass is 9.96. The summed E-state index contributed by atoms with van der Waals surface area (Å²) in [4.78, 5) is 9.00. The minimum Gasteiger partial charge on any atom is -0.266 e. The average Bonchev–Trinajstić information content (AvgIpc) is 3.01. The van der Waals surface area contributed by atoms with E-state index in [2.05, 4.69) is 10.1 Å². The van der Waals surface area contributed by atoms with Crippen molar-refractivity contribution < 1.29 is 8.42 Å². The molecule has 0 saturated carbocycles. The fraction of sp³-hybridized carbons (Fsp3) is 0.533. The van der Waals surface area contributed by atoms with Gasteiger partial charge in [0.25, 0.3) is 10.2 Å². The maximum atomic E-state index is 12.4. The summed E-state index contributed by atoms with van der Waals surface area (Å²) >= 11 is 0. The predicted molar refractivity (Wildman–Crippen MR) is 90.4 cm³/mol. The number of nitrogens with zero attached hydrogens (tertiary/aromatic N) is 6. The summed E-state index contributed by atoms with van der Waals surface area (Å²) in [5, 5.41) is 4.15. The van der Waals surface area contributed by atoms with E-state index in [4.69, 9.17) is 4.98 Å². The van der Waals surface area contributed by atoms with Crippen molar-refractivity contribution in [1.29, 1.82) is 0 Å². The highest BCUT2D eigenvalue weighted by molar-refractivity contribution is 7.86. The van der Waals surface area contributed by atoms with Crippen LogP contribution < -0.4 is 0 Å². The Bertz CT molecular complexity index is 817. The zero-order valence-electron chi connectivity index (χ0n) is 14.1. The number of rotatable bonds is 4. The Morgan fingerprint density at radius 3 is 2.75 bits per heavy atom. The van der Waals surface area contributed by atoms with Crippen molar-refractivity contribution in [2.24, 2.45) is 7.05 Å². The second-order valence-corrected chi connectivity index (χ2v) is 8.30. The molecule has 0 N–H and O–H groups in total. The fourth-order valence-electron chi connectivity index (χ4n) is 2.95. The molecule has 24 heavy (non-hydrogen) atoms. The van der Waals surface area contributed by atoms with E-state index in [1.807, 2.05) is 13.1 Å². The standard InChI is InChI=1S/C15H22N6O2S/c1-19(2)24(22,23)21-8-4-5-12(11-21)13-9-16-10-14(18-13)15-6-7-17-20(15)3/h6-7,9-10,12H,4-5,8,11H2,1-3H3/t12-/m1/s1. The highest BCUT2D eigenvalue weighted by Crippen LogP contribution is 2.28. The molecule has 9 heteroatoms. The Morgan fingerprint density at radius 1 is 1.29 bits per heavy atom. The quantitative estimate of drug-likeness (QED) is 0.817. The molecule has 2 aromatic heterocycles. The summed E-state index contributed by atoms with van der Waals surface area (Å²) < 4.78 is 29.3. The highest BCUT2D eigenvalue weighted by Gasteiger charge is 2.31. The molecule has 2 aromatic rings. The van der Waals surface area contributed by atoms with Gasteiger partial charge in [0.2, 0.25) is 0 Å². The van der Waals surface area contributed by atoms with Crippen LogP contribution in [0.3, 0.4) is 0 Å². The first-order chi connectivity index (χ1) is 11.4. The molecule has 0 unspecified atom stereocenters. The van der Waals surface area contributed by atoms with Crippen LogP contribution in [0.15, 0.2) is 24.7 Å². The number of hydrogen-bond donors (Lipinski definition) is 0. The summed E-state index contributed by atoms with van der Waals surface area (Å²) in [6, 6.07) is 1.89. The molecule has 3 heterocycles. The second-order valence-electron chi connectivity index (χ2n) is 6.16. The van der Waals surface area contributed by atoms with Gasteiger partial charge >= 0.3 is 0 Å². The first kappa shape index (κ1) is 17.0. The fourth-order valence-corrected chi connectivity index (χ4v) is 4.14. The van der Waals surface area contributed by atoms with Crippen molar-refractivity contribution >= 4 is 10.2 Å². The highest BCUT2D eigenvalue weighted by atomic mass is 32.2. The van der Waals surface area contributed by atoms with Gasteiger partial charge in [0, 0.05) is 52.5 Å². The molecule has 0 radical (unpaired) electrons. The van der Waals surface area contributed by atoms with Crippen LogP contribution in [0.25, 0.3) is 11.4 Å². The number of aryl methyl sites for hydroxylation is 1. The van der Waals surface area contributed by atoms with Crippen LogP contribution in [0, 0.1) is 0 Å². The van der Waals surface area contributed by atoms with Gasteiger partial charge in [-0.1, -0.05) is 0 Å². The Labute approximate surface area is 142 Å². The van der Waals surface area contributed by atoms with Gasteiger partial charge in [-0.15, -0.1) is 0 Å². The predicted octanol–water partition coefficient (Wildman–Crippen LogP) is 0.863. The molecule has 0 amide bonds. The zero-order valence-corrected chi connectivity index (χ0v) is 14.9. The van der Waals surface area contributed by atoms with E-state index in [1.54, 1.807) is 37.4 Å². The molecule has 1 saturated heterocycles. The molecule has 1 fully saturated rings. The Hall–Kier alpha value is -1.84. The zero-order chi connectivity index (χ0) is 17.3. The molecule has 1 aliphatic heterocycles. The van der Waals surface area contributed by atoms with Crippen molar-refractivity contribution in [2.45, 2.75) is 18.8 Å². The van der Waals surface area contributed by atoms with Gasteiger partial charge in [-0.2, -0.15) is 22.1 Å². The van der Waals surface area contributed by atoms with Crippen LogP contribution in [0.2, 0.25) is 0 Å². The molecule has 3 rings (SSSR count). The topological polar surface area (TPSA) is 84.2 Å². The van der Waals surface area contributed by atoms with Gasteiger partial charge in [0.05, 0.1) is 17.6 Å². The van der Waals surface area contributed by atoms with Crippen LogP contribution in [0.4, 0.5) is 0 Å². The number of piperidine rings is 1. The van der Waals surface area contributed by atoms with Crippen LogP contribution in [0.1, 0.15) is 24.5 Å². The van der Waals surface area contributed by atoms with Crippen molar-refractivity contribution in [1.82, 2.24) is 28.4 Å². The smallest absolute Gasteiger partial charge is 0.266 e. The van der Waals surface area contributed by atoms with Crippen molar-refractivity contribution in [2.75, 3.05) is 27.2 Å². The largest absolute Gasteiger partial charge is 0.281 e. The molecule has 8 nitrogen and oxygen atoms in total. The van der Waals surface area contributed by atoms with E-state index < -0.39 is 10.2 Å². The average molecular weight is 350 g/mol. The van der Waals surface area contributed by atoms with Crippen LogP contribution in [0.5, 0.6) is 0 Å². The van der Waals surface area contributed by atoms with E-state index in [0.717, 1.165) is 29.9 Å². The van der Waals surface area contributed by atoms with E-state index in [0.29, 0.717) is 13.1 Å². The van der Waals surface area contributed by atoms with E-state index >= 15 is 0 Å². The number of hydrogen-bond acceptors (Lipinski definition) is 5. The normalized spacial score (nSPS) is 19.8. The Balaban J connectivity index is 1.86. The SMILES string of the molecule is CN(C)S(=O)(=O)N1CCC[C@@H](c2cncc(-c3ccnn3C)n2)C1. The molecule has 1 aliphatic rings. The van der Waals surface area contributed by atoms with Gasteiger partial charge in [-0.05, 0) is 18.9 Å². The first-order valence-corrected chi connectivity index (χ1v) is 9.27. The molecule has 130 valence electrons.